The number of carbonyl (C=O) groups excluding carboxylic acids is 3. The van der Waals surface area contributed by atoms with Crippen molar-refractivity contribution in [2.45, 2.75) is 84.3 Å². The first kappa shape index (κ1) is 41.9. The fourth-order valence-corrected chi connectivity index (χ4v) is 6.54. The summed E-state index contributed by atoms with van der Waals surface area (Å²) in [6.45, 7) is 11.9. The lowest BCUT2D eigenvalue weighted by molar-refractivity contribution is -0.139. The van der Waals surface area contributed by atoms with Gasteiger partial charge in [-0.2, -0.15) is 0 Å². The first-order valence-electron chi connectivity index (χ1n) is 17.4. The Kier molecular flexibility index (Phi) is 15.1. The normalized spacial score (nSPS) is 12.9. The summed E-state index contributed by atoms with van der Waals surface area (Å²) in [6.07, 6.45) is 0.517. The molecule has 11 nitrogen and oxygen atoms in total. The van der Waals surface area contributed by atoms with Crippen molar-refractivity contribution in [1.29, 1.82) is 0 Å². The third-order valence-electron chi connectivity index (χ3n) is 8.47. The smallest absolute Gasteiger partial charge is 0.407 e. The van der Waals surface area contributed by atoms with E-state index in [1.165, 1.54) is 4.90 Å². The predicted octanol–water partition coefficient (Wildman–Crippen LogP) is 6.19. The summed E-state index contributed by atoms with van der Waals surface area (Å²) >= 11 is 0. The molecule has 4 N–H and O–H groups in total. The molecule has 284 valence electrons. The van der Waals surface area contributed by atoms with Crippen LogP contribution in [-0.2, 0) is 25.7 Å². The number of aliphatic hydroxyl groups excluding tert-OH is 1. The molecule has 0 spiro atoms. The van der Waals surface area contributed by atoms with Crippen LogP contribution in [-0.4, -0.2) is 84.0 Å². The first-order valence-corrected chi connectivity index (χ1v) is 21.1. The molecule has 2 atom stereocenters. The molecular formula is C38H52F2N4O7Si. The molecule has 2 aromatic carbocycles. The van der Waals surface area contributed by atoms with E-state index < -0.39 is 67.7 Å². The lowest BCUT2D eigenvalue weighted by atomic mass is 9.82. The molecule has 0 unspecified atom stereocenters. The number of nitrogens with zero attached hydrogens (tertiary/aromatic N) is 2. The fraction of sp³-hybridized carbons (Fsp3) is 0.474. The molecule has 3 aromatic rings. The summed E-state index contributed by atoms with van der Waals surface area (Å²) < 4.78 is 36.8. The van der Waals surface area contributed by atoms with Gasteiger partial charge in [-0.15, -0.1) is 0 Å². The quantitative estimate of drug-likeness (QED) is 0.114. The highest BCUT2D eigenvalue weighted by atomic mass is 28.3. The van der Waals surface area contributed by atoms with Crippen LogP contribution in [0.3, 0.4) is 0 Å². The number of carbonyl (C=O) groups is 4. The Morgan fingerprint density at radius 2 is 1.69 bits per heavy atom. The summed E-state index contributed by atoms with van der Waals surface area (Å²) in [5.74, 6) is -3.47. The highest BCUT2D eigenvalue weighted by Gasteiger charge is 2.37. The van der Waals surface area contributed by atoms with E-state index >= 15 is 4.39 Å². The van der Waals surface area contributed by atoms with Crippen LogP contribution in [0.5, 0.6) is 0 Å². The second kappa shape index (κ2) is 18.8. The minimum atomic E-state index is -1.50. The number of halogens is 2. The predicted molar refractivity (Wildman–Crippen MR) is 197 cm³/mol. The number of ether oxygens (including phenoxy) is 1. The zero-order chi connectivity index (χ0) is 38.6. The zero-order valence-electron chi connectivity index (χ0n) is 30.9. The Balaban J connectivity index is 2.01. The average Bonchev–Trinajstić information content (AvgIpc) is 3.46. The lowest BCUT2D eigenvalue weighted by Gasteiger charge is -2.41. The Morgan fingerprint density at radius 1 is 1.00 bits per heavy atom. The van der Waals surface area contributed by atoms with E-state index in [9.17, 15) is 28.7 Å². The maximum absolute atomic E-state index is 15.1. The van der Waals surface area contributed by atoms with Gasteiger partial charge in [-0.25, -0.2) is 13.6 Å². The van der Waals surface area contributed by atoms with Gasteiger partial charge in [-0.1, -0.05) is 70.7 Å². The molecule has 0 saturated heterocycles. The number of aliphatic carboxylic acids is 1. The number of hydrogen-bond acceptors (Lipinski definition) is 6. The highest BCUT2D eigenvalue weighted by molar-refractivity contribution is 6.76. The topological polar surface area (TPSA) is 150 Å². The SMILES string of the molecule is CC(C)(C)[C@H](c1cc(-c2cc(F)ccc2F)cn1Cc1ccccc1)N(CC[C@@H](CNC(=O)CCC(=O)O)NC(=O)OCC[Si](C)(C)C)C(=O)CO. The molecule has 0 bridgehead atoms. The van der Waals surface area contributed by atoms with Crippen molar-refractivity contribution in [2.75, 3.05) is 26.3 Å². The van der Waals surface area contributed by atoms with Crippen molar-refractivity contribution in [2.24, 2.45) is 5.41 Å². The summed E-state index contributed by atoms with van der Waals surface area (Å²) in [5.41, 5.74) is 1.32. The van der Waals surface area contributed by atoms with Crippen LogP contribution in [0.15, 0.2) is 60.8 Å². The molecule has 3 amide bonds. The second-order valence-electron chi connectivity index (χ2n) is 15.2. The van der Waals surface area contributed by atoms with Gasteiger partial charge in [0.1, 0.15) is 18.2 Å². The maximum atomic E-state index is 15.1. The highest BCUT2D eigenvalue weighted by Crippen LogP contribution is 2.41. The van der Waals surface area contributed by atoms with Crippen LogP contribution in [0.1, 0.15) is 57.3 Å². The number of carboxylic acids is 1. The fourth-order valence-electron chi connectivity index (χ4n) is 5.82. The third kappa shape index (κ3) is 13.2. The van der Waals surface area contributed by atoms with E-state index in [1.807, 2.05) is 55.7 Å². The summed E-state index contributed by atoms with van der Waals surface area (Å²) in [7, 11) is -1.50. The minimum Gasteiger partial charge on any atom is -0.481 e. The van der Waals surface area contributed by atoms with Crippen molar-refractivity contribution in [3.63, 3.8) is 0 Å². The summed E-state index contributed by atoms with van der Waals surface area (Å²) in [6, 6.07) is 13.8. The second-order valence-corrected chi connectivity index (χ2v) is 20.8. The van der Waals surface area contributed by atoms with Gasteiger partial charge in [0.15, 0.2) is 0 Å². The largest absolute Gasteiger partial charge is 0.481 e. The van der Waals surface area contributed by atoms with Gasteiger partial charge in [-0.05, 0) is 47.7 Å². The third-order valence-corrected chi connectivity index (χ3v) is 10.2. The first-order chi connectivity index (χ1) is 24.4. The van der Waals surface area contributed by atoms with E-state index in [0.29, 0.717) is 17.8 Å². The van der Waals surface area contributed by atoms with Gasteiger partial charge in [0.2, 0.25) is 11.8 Å². The summed E-state index contributed by atoms with van der Waals surface area (Å²) in [4.78, 5) is 51.4. The van der Waals surface area contributed by atoms with Crippen LogP contribution in [0.4, 0.5) is 13.6 Å². The van der Waals surface area contributed by atoms with Crippen molar-refractivity contribution >= 4 is 32.0 Å². The van der Waals surface area contributed by atoms with Crippen molar-refractivity contribution < 1.29 is 42.9 Å². The molecule has 0 aliphatic heterocycles. The lowest BCUT2D eigenvalue weighted by Crippen LogP contribution is -2.48. The molecule has 0 aliphatic carbocycles. The van der Waals surface area contributed by atoms with Gasteiger partial charge < -0.3 is 35.1 Å². The molecule has 1 heterocycles. The van der Waals surface area contributed by atoms with E-state index in [-0.39, 0.29) is 44.5 Å². The Bertz CT molecular complexity index is 1670. The van der Waals surface area contributed by atoms with Crippen LogP contribution >= 0.6 is 0 Å². The number of carboxylic acid groups (broad SMARTS) is 1. The van der Waals surface area contributed by atoms with Crippen LogP contribution < -0.4 is 10.6 Å². The van der Waals surface area contributed by atoms with E-state index in [1.54, 1.807) is 12.3 Å². The Morgan fingerprint density at radius 3 is 2.31 bits per heavy atom. The van der Waals surface area contributed by atoms with Crippen LogP contribution in [0.2, 0.25) is 25.7 Å². The van der Waals surface area contributed by atoms with E-state index in [0.717, 1.165) is 29.8 Å². The van der Waals surface area contributed by atoms with Crippen molar-refractivity contribution in [3.05, 3.63) is 83.7 Å². The molecule has 0 radical (unpaired) electrons. The number of amides is 3. The van der Waals surface area contributed by atoms with E-state index in [2.05, 4.69) is 30.3 Å². The number of hydrogen-bond donors (Lipinski definition) is 4. The number of nitrogens with one attached hydrogen (secondary N) is 2. The number of rotatable bonds is 18. The molecule has 3 rings (SSSR count). The van der Waals surface area contributed by atoms with Crippen molar-refractivity contribution in [3.8, 4) is 11.1 Å². The average molecular weight is 743 g/mol. The molecule has 0 saturated carbocycles. The monoisotopic (exact) mass is 742 g/mol. The number of benzene rings is 2. The maximum Gasteiger partial charge on any atom is 0.407 e. The van der Waals surface area contributed by atoms with Gasteiger partial charge in [0.05, 0.1) is 25.1 Å². The minimum absolute atomic E-state index is 0.00630. The van der Waals surface area contributed by atoms with Crippen LogP contribution in [0, 0.1) is 17.0 Å². The molecule has 0 fully saturated rings. The molecule has 1 aromatic heterocycles. The van der Waals surface area contributed by atoms with E-state index in [4.69, 9.17) is 9.84 Å². The zero-order valence-corrected chi connectivity index (χ0v) is 31.9. The summed E-state index contributed by atoms with van der Waals surface area (Å²) in [5, 5.41) is 24.6. The van der Waals surface area contributed by atoms with Crippen LogP contribution in [0.25, 0.3) is 11.1 Å². The van der Waals surface area contributed by atoms with Gasteiger partial charge >= 0.3 is 12.1 Å². The Hall–Kier alpha value is -4.56. The molecule has 52 heavy (non-hydrogen) atoms. The van der Waals surface area contributed by atoms with Crippen molar-refractivity contribution in [1.82, 2.24) is 20.1 Å². The standard InChI is InChI=1S/C38H52F2N4O7Si/c1-38(2,3)36(32-20-27(30-21-28(39)12-13-31(30)40)24-43(32)23-26-10-8-7-9-11-26)44(34(47)25-45)17-16-29(22-41-33(46)14-15-35(48)49)42-37(50)51-18-19-52(4,5)6/h7-13,20-21,24,29,36,45H,14-19,22-23,25H2,1-6H3,(H,41,46)(H,42,50)(H,48,49)/t29-,36-/m0/s1. The number of aromatic nitrogens is 1. The van der Waals surface area contributed by atoms with Gasteiger partial charge in [0.25, 0.3) is 0 Å². The molecule has 14 heteroatoms. The van der Waals surface area contributed by atoms with Gasteiger partial charge in [-0.3, -0.25) is 14.4 Å². The molecular weight excluding hydrogens is 691 g/mol. The number of aliphatic hydroxyl groups is 1. The Labute approximate surface area is 305 Å². The molecule has 0 aliphatic rings. The van der Waals surface area contributed by atoms with Gasteiger partial charge in [0, 0.05) is 57.1 Å². The number of alkyl carbamates (subject to hydrolysis) is 1.